The van der Waals surface area contributed by atoms with Crippen LogP contribution in [0, 0.1) is 6.92 Å². The molecular formula is C13H11N3O. The summed E-state index contributed by atoms with van der Waals surface area (Å²) < 4.78 is 0. The van der Waals surface area contributed by atoms with Crippen LogP contribution in [0.1, 0.15) is 5.69 Å². The maximum atomic E-state index is 9.77. The number of aromatic nitrogens is 3. The van der Waals surface area contributed by atoms with Crippen molar-refractivity contribution in [2.24, 2.45) is 0 Å². The van der Waals surface area contributed by atoms with E-state index in [0.29, 0.717) is 11.3 Å². The number of aromatic amines is 1. The molecule has 2 aromatic heterocycles. The van der Waals surface area contributed by atoms with Crippen LogP contribution >= 0.6 is 0 Å². The van der Waals surface area contributed by atoms with E-state index in [4.69, 9.17) is 0 Å². The fourth-order valence-corrected chi connectivity index (χ4v) is 1.89. The SMILES string of the molecule is Cc1cc2cc(-c3ccccc3O)nnc2[nH]1. The Balaban J connectivity index is 2.21. The van der Waals surface area contributed by atoms with Crippen molar-refractivity contribution in [1.29, 1.82) is 0 Å². The van der Waals surface area contributed by atoms with Crippen LogP contribution in [-0.4, -0.2) is 20.3 Å². The highest BCUT2D eigenvalue weighted by Gasteiger charge is 2.07. The Kier molecular flexibility index (Phi) is 2.08. The number of para-hydroxylation sites is 1. The van der Waals surface area contributed by atoms with Crippen LogP contribution in [0.4, 0.5) is 0 Å². The first kappa shape index (κ1) is 9.84. The molecule has 0 saturated carbocycles. The highest BCUT2D eigenvalue weighted by molar-refractivity contribution is 5.81. The number of rotatable bonds is 1. The Labute approximate surface area is 97.9 Å². The summed E-state index contributed by atoms with van der Waals surface area (Å²) in [5.74, 6) is 0.216. The largest absolute Gasteiger partial charge is 0.507 e. The van der Waals surface area contributed by atoms with Crippen molar-refractivity contribution in [3.8, 4) is 17.0 Å². The zero-order valence-corrected chi connectivity index (χ0v) is 9.31. The summed E-state index contributed by atoms with van der Waals surface area (Å²) in [6, 6.07) is 11.0. The molecule has 0 spiro atoms. The Hall–Kier alpha value is -2.36. The number of aromatic hydroxyl groups is 1. The van der Waals surface area contributed by atoms with Crippen molar-refractivity contribution in [3.63, 3.8) is 0 Å². The van der Waals surface area contributed by atoms with Gasteiger partial charge in [-0.25, -0.2) is 0 Å². The number of nitrogens with one attached hydrogen (secondary N) is 1. The number of hydrogen-bond acceptors (Lipinski definition) is 3. The Morgan fingerprint density at radius 2 is 1.94 bits per heavy atom. The van der Waals surface area contributed by atoms with E-state index in [1.807, 2.05) is 31.2 Å². The maximum Gasteiger partial charge on any atom is 0.160 e. The molecule has 0 aliphatic rings. The van der Waals surface area contributed by atoms with Crippen molar-refractivity contribution >= 4 is 11.0 Å². The molecule has 84 valence electrons. The van der Waals surface area contributed by atoms with E-state index in [1.165, 1.54) is 0 Å². The van der Waals surface area contributed by atoms with Crippen molar-refractivity contribution in [2.45, 2.75) is 6.92 Å². The molecule has 4 heteroatoms. The van der Waals surface area contributed by atoms with Crippen LogP contribution in [0.2, 0.25) is 0 Å². The first-order valence-electron chi connectivity index (χ1n) is 5.35. The Bertz CT molecular complexity index is 688. The van der Waals surface area contributed by atoms with Gasteiger partial charge in [0, 0.05) is 16.6 Å². The van der Waals surface area contributed by atoms with Gasteiger partial charge < -0.3 is 10.1 Å². The molecule has 0 amide bonds. The molecule has 0 atom stereocenters. The fraction of sp³-hybridized carbons (Fsp3) is 0.0769. The second kappa shape index (κ2) is 3.59. The van der Waals surface area contributed by atoms with Gasteiger partial charge >= 0.3 is 0 Å². The summed E-state index contributed by atoms with van der Waals surface area (Å²) in [5, 5.41) is 19.0. The molecule has 17 heavy (non-hydrogen) atoms. The van der Waals surface area contributed by atoms with E-state index in [0.717, 1.165) is 16.7 Å². The minimum atomic E-state index is 0.216. The van der Waals surface area contributed by atoms with Crippen molar-refractivity contribution < 1.29 is 5.11 Å². The van der Waals surface area contributed by atoms with Crippen molar-refractivity contribution in [2.75, 3.05) is 0 Å². The fourth-order valence-electron chi connectivity index (χ4n) is 1.89. The van der Waals surface area contributed by atoms with Gasteiger partial charge in [-0.15, -0.1) is 10.2 Å². The van der Waals surface area contributed by atoms with E-state index >= 15 is 0 Å². The molecule has 0 unspecified atom stereocenters. The standard InChI is InChI=1S/C13H11N3O/c1-8-6-9-7-11(15-16-13(9)14-8)10-4-2-3-5-12(10)17/h2-7,17H,1H3,(H,14,16). The molecule has 3 rings (SSSR count). The smallest absolute Gasteiger partial charge is 0.160 e. The van der Waals surface area contributed by atoms with Crippen molar-refractivity contribution in [1.82, 2.24) is 15.2 Å². The summed E-state index contributed by atoms with van der Waals surface area (Å²) in [7, 11) is 0. The van der Waals surface area contributed by atoms with Crippen LogP contribution in [0.5, 0.6) is 5.75 Å². The third-order valence-corrected chi connectivity index (χ3v) is 2.69. The van der Waals surface area contributed by atoms with E-state index in [1.54, 1.807) is 12.1 Å². The maximum absolute atomic E-state index is 9.77. The van der Waals surface area contributed by atoms with Crippen LogP contribution < -0.4 is 0 Å². The summed E-state index contributed by atoms with van der Waals surface area (Å²) in [5.41, 5.74) is 3.18. The number of hydrogen-bond donors (Lipinski definition) is 2. The van der Waals surface area contributed by atoms with Crippen LogP contribution in [-0.2, 0) is 0 Å². The quantitative estimate of drug-likeness (QED) is 0.669. The predicted molar refractivity (Wildman–Crippen MR) is 65.7 cm³/mol. The van der Waals surface area contributed by atoms with Gasteiger partial charge in [-0.1, -0.05) is 12.1 Å². The zero-order valence-electron chi connectivity index (χ0n) is 9.31. The molecule has 2 heterocycles. The van der Waals surface area contributed by atoms with Crippen LogP contribution in [0.3, 0.4) is 0 Å². The van der Waals surface area contributed by atoms with Gasteiger partial charge in [-0.3, -0.25) is 0 Å². The summed E-state index contributed by atoms with van der Waals surface area (Å²) >= 11 is 0. The zero-order chi connectivity index (χ0) is 11.8. The second-order valence-corrected chi connectivity index (χ2v) is 4.00. The monoisotopic (exact) mass is 225 g/mol. The molecular weight excluding hydrogens is 214 g/mol. The average Bonchev–Trinajstić information content (AvgIpc) is 2.68. The Morgan fingerprint density at radius 3 is 2.76 bits per heavy atom. The first-order valence-corrected chi connectivity index (χ1v) is 5.35. The number of phenols is 1. The number of aryl methyl sites for hydroxylation is 1. The first-order chi connectivity index (χ1) is 8.24. The predicted octanol–water partition coefficient (Wildman–Crippen LogP) is 2.64. The normalized spacial score (nSPS) is 10.9. The van der Waals surface area contributed by atoms with E-state index in [9.17, 15) is 5.11 Å². The summed E-state index contributed by atoms with van der Waals surface area (Å²) in [4.78, 5) is 3.12. The van der Waals surface area contributed by atoms with Gasteiger partial charge in [-0.05, 0) is 31.2 Å². The van der Waals surface area contributed by atoms with Gasteiger partial charge in [-0.2, -0.15) is 0 Å². The van der Waals surface area contributed by atoms with Gasteiger partial charge in [0.05, 0.1) is 5.69 Å². The van der Waals surface area contributed by atoms with Gasteiger partial charge in [0.1, 0.15) is 5.75 Å². The molecule has 0 bridgehead atoms. The van der Waals surface area contributed by atoms with Crippen LogP contribution in [0.25, 0.3) is 22.3 Å². The number of benzene rings is 1. The number of nitrogens with zero attached hydrogens (tertiary/aromatic N) is 2. The topological polar surface area (TPSA) is 61.8 Å². The van der Waals surface area contributed by atoms with Gasteiger partial charge in [0.2, 0.25) is 0 Å². The third kappa shape index (κ3) is 1.63. The summed E-state index contributed by atoms with van der Waals surface area (Å²) in [6.45, 7) is 1.97. The van der Waals surface area contributed by atoms with Crippen molar-refractivity contribution in [3.05, 3.63) is 42.1 Å². The lowest BCUT2D eigenvalue weighted by atomic mass is 10.1. The number of H-pyrrole nitrogens is 1. The molecule has 0 aliphatic carbocycles. The molecule has 1 aromatic carbocycles. The highest BCUT2D eigenvalue weighted by Crippen LogP contribution is 2.28. The molecule has 2 N–H and O–H groups in total. The highest BCUT2D eigenvalue weighted by atomic mass is 16.3. The van der Waals surface area contributed by atoms with Gasteiger partial charge in [0.15, 0.2) is 5.65 Å². The van der Waals surface area contributed by atoms with Gasteiger partial charge in [0.25, 0.3) is 0 Å². The lowest BCUT2D eigenvalue weighted by molar-refractivity contribution is 0.477. The minimum absolute atomic E-state index is 0.216. The molecule has 0 saturated heterocycles. The minimum Gasteiger partial charge on any atom is -0.507 e. The van der Waals surface area contributed by atoms with E-state index in [-0.39, 0.29) is 5.75 Å². The summed E-state index contributed by atoms with van der Waals surface area (Å²) in [6.07, 6.45) is 0. The molecule has 0 radical (unpaired) electrons. The lowest BCUT2D eigenvalue weighted by Gasteiger charge is -2.02. The van der Waals surface area contributed by atoms with Crippen LogP contribution in [0.15, 0.2) is 36.4 Å². The Morgan fingerprint density at radius 1 is 1.12 bits per heavy atom. The second-order valence-electron chi connectivity index (χ2n) is 4.00. The molecule has 0 aliphatic heterocycles. The average molecular weight is 225 g/mol. The third-order valence-electron chi connectivity index (χ3n) is 2.69. The number of phenolic OH excluding ortho intramolecular Hbond substituents is 1. The molecule has 3 aromatic rings. The molecule has 4 nitrogen and oxygen atoms in total. The number of fused-ring (bicyclic) bond motifs is 1. The van der Waals surface area contributed by atoms with E-state index < -0.39 is 0 Å². The van der Waals surface area contributed by atoms with E-state index in [2.05, 4.69) is 15.2 Å². The lowest BCUT2D eigenvalue weighted by Crippen LogP contribution is -1.88. The molecule has 0 fully saturated rings.